The van der Waals surface area contributed by atoms with Crippen LogP contribution in [0.15, 0.2) is 30.6 Å². The monoisotopic (exact) mass is 383 g/mol. The molecular formula is C20H22FN5O2. The van der Waals surface area contributed by atoms with Crippen molar-refractivity contribution in [2.45, 2.75) is 44.8 Å². The Kier molecular flexibility index (Phi) is 5.04. The van der Waals surface area contributed by atoms with Crippen molar-refractivity contribution in [1.29, 1.82) is 0 Å². The van der Waals surface area contributed by atoms with Gasteiger partial charge in [0.25, 0.3) is 11.9 Å². The van der Waals surface area contributed by atoms with Crippen LogP contribution in [0.2, 0.25) is 0 Å². The maximum Gasteiger partial charge on any atom is 0.254 e. The number of amides is 1. The molecule has 1 aromatic carbocycles. The van der Waals surface area contributed by atoms with Gasteiger partial charge >= 0.3 is 0 Å². The van der Waals surface area contributed by atoms with E-state index in [-0.39, 0.29) is 23.9 Å². The summed E-state index contributed by atoms with van der Waals surface area (Å²) in [4.78, 5) is 21.0. The fourth-order valence-electron chi connectivity index (χ4n) is 3.66. The highest BCUT2D eigenvalue weighted by atomic mass is 19.1. The molecule has 4 rings (SSSR count). The zero-order valence-electron chi connectivity index (χ0n) is 15.9. The van der Waals surface area contributed by atoms with Crippen molar-refractivity contribution in [1.82, 2.24) is 25.1 Å². The summed E-state index contributed by atoms with van der Waals surface area (Å²) < 4.78 is 20.5. The molecule has 0 unspecified atom stereocenters. The summed E-state index contributed by atoms with van der Waals surface area (Å²) in [5.74, 6) is -0.256. The van der Waals surface area contributed by atoms with Crippen LogP contribution < -0.4 is 5.32 Å². The molecule has 0 saturated heterocycles. The van der Waals surface area contributed by atoms with E-state index in [1.165, 1.54) is 29.2 Å². The lowest BCUT2D eigenvalue weighted by Gasteiger charge is -2.28. The molecule has 2 aromatic heterocycles. The zero-order valence-corrected chi connectivity index (χ0v) is 15.9. The SMILES string of the molecule is COC1CCC(NC(=O)c2cnc(-n3nc(C)c4ccc(F)cc43)nc2)CC1. The van der Waals surface area contributed by atoms with E-state index in [9.17, 15) is 9.18 Å². The van der Waals surface area contributed by atoms with Gasteiger partial charge in [-0.05, 0) is 44.7 Å². The first kappa shape index (κ1) is 18.5. The van der Waals surface area contributed by atoms with Crippen molar-refractivity contribution in [3.05, 3.63) is 47.7 Å². The lowest BCUT2D eigenvalue weighted by molar-refractivity contribution is 0.0599. The molecule has 7 nitrogen and oxygen atoms in total. The molecule has 1 saturated carbocycles. The van der Waals surface area contributed by atoms with Crippen molar-refractivity contribution in [3.8, 4) is 5.95 Å². The number of benzene rings is 1. The Morgan fingerprint density at radius 1 is 1.21 bits per heavy atom. The molecule has 1 aliphatic carbocycles. The summed E-state index contributed by atoms with van der Waals surface area (Å²) in [6.45, 7) is 1.84. The number of aryl methyl sites for hydroxylation is 1. The van der Waals surface area contributed by atoms with E-state index in [2.05, 4.69) is 20.4 Å². The highest BCUT2D eigenvalue weighted by molar-refractivity contribution is 5.93. The number of rotatable bonds is 4. The van der Waals surface area contributed by atoms with Gasteiger partial charge in [-0.25, -0.2) is 14.4 Å². The molecule has 146 valence electrons. The molecule has 8 heteroatoms. The summed E-state index contributed by atoms with van der Waals surface area (Å²) >= 11 is 0. The zero-order chi connectivity index (χ0) is 19.7. The van der Waals surface area contributed by atoms with Crippen LogP contribution in [0, 0.1) is 12.7 Å². The lowest BCUT2D eigenvalue weighted by Crippen LogP contribution is -2.39. The van der Waals surface area contributed by atoms with E-state index in [0.717, 1.165) is 36.8 Å². The molecule has 1 N–H and O–H groups in total. The highest BCUT2D eigenvalue weighted by Crippen LogP contribution is 2.22. The number of methoxy groups -OCH3 is 1. The molecule has 0 atom stereocenters. The van der Waals surface area contributed by atoms with Gasteiger partial charge < -0.3 is 10.1 Å². The predicted molar refractivity (Wildman–Crippen MR) is 102 cm³/mol. The maximum absolute atomic E-state index is 13.6. The Bertz CT molecular complexity index is 994. The van der Waals surface area contributed by atoms with Crippen molar-refractivity contribution >= 4 is 16.8 Å². The van der Waals surface area contributed by atoms with E-state index in [4.69, 9.17) is 4.74 Å². The van der Waals surface area contributed by atoms with Crippen LogP contribution in [0.4, 0.5) is 4.39 Å². The number of carbonyl (C=O) groups excluding carboxylic acids is 1. The number of aromatic nitrogens is 4. The van der Waals surface area contributed by atoms with Crippen LogP contribution in [0.3, 0.4) is 0 Å². The van der Waals surface area contributed by atoms with E-state index in [1.54, 1.807) is 13.2 Å². The number of carbonyl (C=O) groups is 1. The van der Waals surface area contributed by atoms with Crippen molar-refractivity contribution in [2.24, 2.45) is 0 Å². The second-order valence-corrected chi connectivity index (χ2v) is 7.11. The Morgan fingerprint density at radius 3 is 2.61 bits per heavy atom. The lowest BCUT2D eigenvalue weighted by atomic mass is 9.93. The molecule has 0 spiro atoms. The normalized spacial score (nSPS) is 19.7. The highest BCUT2D eigenvalue weighted by Gasteiger charge is 2.23. The number of fused-ring (bicyclic) bond motifs is 1. The molecule has 0 aliphatic heterocycles. The first-order chi connectivity index (χ1) is 13.5. The summed E-state index contributed by atoms with van der Waals surface area (Å²) in [7, 11) is 1.72. The molecule has 0 radical (unpaired) electrons. The van der Waals surface area contributed by atoms with E-state index in [1.807, 2.05) is 6.92 Å². The third-order valence-electron chi connectivity index (χ3n) is 5.26. The predicted octanol–water partition coefficient (Wildman–Crippen LogP) is 2.95. The number of halogens is 1. The van der Waals surface area contributed by atoms with Gasteiger partial charge in [0.2, 0.25) is 0 Å². The summed E-state index contributed by atoms with van der Waals surface area (Å²) in [6.07, 6.45) is 6.91. The van der Waals surface area contributed by atoms with Crippen LogP contribution in [-0.2, 0) is 4.74 Å². The number of hydrogen-bond acceptors (Lipinski definition) is 5. The number of ether oxygens (including phenoxy) is 1. The van der Waals surface area contributed by atoms with Gasteiger partial charge in [-0.1, -0.05) is 0 Å². The van der Waals surface area contributed by atoms with Crippen LogP contribution in [0.5, 0.6) is 0 Å². The van der Waals surface area contributed by atoms with E-state index < -0.39 is 0 Å². The molecule has 28 heavy (non-hydrogen) atoms. The minimum atomic E-state index is -0.354. The Morgan fingerprint density at radius 2 is 1.93 bits per heavy atom. The fourth-order valence-corrected chi connectivity index (χ4v) is 3.66. The first-order valence-corrected chi connectivity index (χ1v) is 9.36. The van der Waals surface area contributed by atoms with Gasteiger partial charge in [0.15, 0.2) is 0 Å². The largest absolute Gasteiger partial charge is 0.381 e. The van der Waals surface area contributed by atoms with Crippen LogP contribution in [0.25, 0.3) is 16.9 Å². The van der Waals surface area contributed by atoms with Gasteiger partial charge in [-0.2, -0.15) is 9.78 Å². The minimum absolute atomic E-state index is 0.138. The molecular weight excluding hydrogens is 361 g/mol. The Balaban J connectivity index is 1.50. The van der Waals surface area contributed by atoms with Gasteiger partial charge in [0, 0.05) is 37.0 Å². The molecule has 3 aromatic rings. The fraction of sp³-hybridized carbons (Fsp3) is 0.400. The average molecular weight is 383 g/mol. The molecule has 2 heterocycles. The smallest absolute Gasteiger partial charge is 0.254 e. The summed E-state index contributed by atoms with van der Waals surface area (Å²) in [5.41, 5.74) is 1.73. The van der Waals surface area contributed by atoms with Crippen LogP contribution >= 0.6 is 0 Å². The molecule has 1 aliphatic rings. The van der Waals surface area contributed by atoms with E-state index >= 15 is 0 Å². The van der Waals surface area contributed by atoms with Gasteiger partial charge in [0.05, 0.1) is 22.9 Å². The van der Waals surface area contributed by atoms with E-state index in [0.29, 0.717) is 17.0 Å². The second kappa shape index (κ2) is 7.63. The summed E-state index contributed by atoms with van der Waals surface area (Å²) in [5, 5.41) is 8.26. The molecule has 1 fully saturated rings. The van der Waals surface area contributed by atoms with Crippen LogP contribution in [-0.4, -0.2) is 44.9 Å². The summed E-state index contributed by atoms with van der Waals surface area (Å²) in [6, 6.07) is 4.62. The van der Waals surface area contributed by atoms with Crippen molar-refractivity contribution in [2.75, 3.05) is 7.11 Å². The number of nitrogens with zero attached hydrogens (tertiary/aromatic N) is 4. The Labute approximate surface area is 161 Å². The second-order valence-electron chi connectivity index (χ2n) is 7.11. The average Bonchev–Trinajstić information content (AvgIpc) is 3.04. The first-order valence-electron chi connectivity index (χ1n) is 9.36. The topological polar surface area (TPSA) is 81.9 Å². The van der Waals surface area contributed by atoms with Gasteiger partial charge in [-0.15, -0.1) is 0 Å². The molecule has 1 amide bonds. The van der Waals surface area contributed by atoms with Crippen LogP contribution in [0.1, 0.15) is 41.7 Å². The quantitative estimate of drug-likeness (QED) is 0.749. The maximum atomic E-state index is 13.6. The number of hydrogen-bond donors (Lipinski definition) is 1. The number of nitrogens with one attached hydrogen (secondary N) is 1. The Hall–Kier alpha value is -2.87. The third kappa shape index (κ3) is 3.60. The molecule has 0 bridgehead atoms. The van der Waals surface area contributed by atoms with Gasteiger partial charge in [-0.3, -0.25) is 4.79 Å². The third-order valence-corrected chi connectivity index (χ3v) is 5.26. The van der Waals surface area contributed by atoms with Crippen molar-refractivity contribution < 1.29 is 13.9 Å². The van der Waals surface area contributed by atoms with Gasteiger partial charge in [0.1, 0.15) is 5.82 Å². The standard InChI is InChI=1S/C20H22FN5O2/c1-12-17-8-3-14(21)9-18(17)26(25-12)20-22-10-13(11-23-20)19(27)24-15-4-6-16(28-2)7-5-15/h3,8-11,15-16H,4-7H2,1-2H3,(H,24,27). The minimum Gasteiger partial charge on any atom is -0.381 e. The van der Waals surface area contributed by atoms with Crippen molar-refractivity contribution in [3.63, 3.8) is 0 Å².